The number of halogens is 1. The number of nitrogens with one attached hydrogen (secondary N) is 1. The molecule has 0 saturated heterocycles. The average molecular weight is 378 g/mol. The highest BCUT2D eigenvalue weighted by atomic mass is 35.5. The van der Waals surface area contributed by atoms with Gasteiger partial charge in [-0.2, -0.15) is 4.98 Å². The molecular weight excluding hydrogens is 358 g/mol. The van der Waals surface area contributed by atoms with Gasteiger partial charge in [-0.25, -0.2) is 4.79 Å². The van der Waals surface area contributed by atoms with Crippen LogP contribution in [-0.4, -0.2) is 36.4 Å². The first kappa shape index (κ1) is 18.2. The predicted octanol–water partition coefficient (Wildman–Crippen LogP) is 0.928. The van der Waals surface area contributed by atoms with Crippen LogP contribution in [0.25, 0.3) is 11.2 Å². The molecule has 0 radical (unpaired) electrons. The first-order chi connectivity index (χ1) is 12.3. The van der Waals surface area contributed by atoms with Crippen LogP contribution < -0.4 is 16.6 Å². The summed E-state index contributed by atoms with van der Waals surface area (Å²) in [6.45, 7) is 1.99. The molecule has 8 nitrogen and oxygen atoms in total. The van der Waals surface area contributed by atoms with Gasteiger partial charge in [0.15, 0.2) is 11.2 Å². The fourth-order valence-corrected chi connectivity index (χ4v) is 2.97. The smallest absolute Gasteiger partial charge is 0.332 e. The van der Waals surface area contributed by atoms with Crippen molar-refractivity contribution in [3.05, 3.63) is 55.7 Å². The molecule has 26 heavy (non-hydrogen) atoms. The van der Waals surface area contributed by atoms with E-state index in [2.05, 4.69) is 10.3 Å². The second-order valence-electron chi connectivity index (χ2n) is 6.22. The number of aliphatic hydroxyl groups is 1. The van der Waals surface area contributed by atoms with Crippen molar-refractivity contribution in [1.82, 2.24) is 18.7 Å². The number of hydrogen-bond acceptors (Lipinski definition) is 5. The monoisotopic (exact) mass is 377 g/mol. The van der Waals surface area contributed by atoms with E-state index in [1.54, 1.807) is 49.9 Å². The number of anilines is 1. The van der Waals surface area contributed by atoms with E-state index in [4.69, 9.17) is 11.6 Å². The summed E-state index contributed by atoms with van der Waals surface area (Å²) in [4.78, 5) is 30.0. The lowest BCUT2D eigenvalue weighted by molar-refractivity contribution is 0.208. The topological polar surface area (TPSA) is 94.1 Å². The van der Waals surface area contributed by atoms with E-state index in [1.807, 2.05) is 0 Å². The number of imidazole rings is 1. The summed E-state index contributed by atoms with van der Waals surface area (Å²) in [5.74, 6) is 0.406. The maximum Gasteiger partial charge on any atom is 0.332 e. The summed E-state index contributed by atoms with van der Waals surface area (Å²) in [5.41, 5.74) is 0.353. The van der Waals surface area contributed by atoms with Gasteiger partial charge in [0, 0.05) is 25.7 Å². The molecule has 2 aromatic heterocycles. The number of fused-ring (bicyclic) bond motifs is 1. The van der Waals surface area contributed by atoms with E-state index in [0.717, 1.165) is 4.57 Å². The Balaban J connectivity index is 2.17. The van der Waals surface area contributed by atoms with Gasteiger partial charge in [-0.1, -0.05) is 29.8 Å². The number of benzene rings is 1. The molecule has 0 aliphatic carbocycles. The van der Waals surface area contributed by atoms with Crippen molar-refractivity contribution in [3.8, 4) is 0 Å². The third-order valence-electron chi connectivity index (χ3n) is 4.20. The second kappa shape index (κ2) is 6.97. The number of aliphatic hydroxyl groups excluding tert-OH is 1. The van der Waals surface area contributed by atoms with Crippen molar-refractivity contribution in [2.45, 2.75) is 19.6 Å². The zero-order valence-electron chi connectivity index (χ0n) is 14.7. The van der Waals surface area contributed by atoms with Gasteiger partial charge in [-0.15, -0.1) is 0 Å². The van der Waals surface area contributed by atoms with Crippen LogP contribution in [0.2, 0.25) is 5.02 Å². The molecule has 0 aliphatic heterocycles. The molecule has 1 aromatic carbocycles. The lowest BCUT2D eigenvalue weighted by atomic mass is 10.2. The fraction of sp³-hybridized carbons (Fsp3) is 0.353. The summed E-state index contributed by atoms with van der Waals surface area (Å²) in [6, 6.07) is 7.08. The zero-order chi connectivity index (χ0) is 19.0. The van der Waals surface area contributed by atoms with Crippen molar-refractivity contribution in [2.24, 2.45) is 14.1 Å². The first-order valence-electron chi connectivity index (χ1n) is 8.12. The summed E-state index contributed by atoms with van der Waals surface area (Å²) >= 11 is 6.17. The predicted molar refractivity (Wildman–Crippen MR) is 101 cm³/mol. The van der Waals surface area contributed by atoms with E-state index in [0.29, 0.717) is 22.1 Å². The minimum absolute atomic E-state index is 0.0722. The minimum Gasteiger partial charge on any atom is -0.392 e. The number of aryl methyl sites for hydroxylation is 2. The van der Waals surface area contributed by atoms with Gasteiger partial charge in [-0.05, 0) is 18.6 Å². The quantitative estimate of drug-likeness (QED) is 0.689. The zero-order valence-corrected chi connectivity index (χ0v) is 15.5. The van der Waals surface area contributed by atoms with Crippen LogP contribution in [0.15, 0.2) is 33.9 Å². The summed E-state index contributed by atoms with van der Waals surface area (Å²) in [7, 11) is 3.25. The van der Waals surface area contributed by atoms with E-state index in [9.17, 15) is 14.7 Å². The van der Waals surface area contributed by atoms with Crippen molar-refractivity contribution in [2.75, 3.05) is 11.9 Å². The summed E-state index contributed by atoms with van der Waals surface area (Å²) in [6.07, 6.45) is -0.574. The third-order valence-corrected chi connectivity index (χ3v) is 4.57. The Kier molecular flexibility index (Phi) is 4.88. The van der Waals surface area contributed by atoms with Gasteiger partial charge >= 0.3 is 5.69 Å². The molecule has 0 bridgehead atoms. The van der Waals surface area contributed by atoms with Gasteiger partial charge in [0.2, 0.25) is 5.95 Å². The second-order valence-corrected chi connectivity index (χ2v) is 6.63. The van der Waals surface area contributed by atoms with Crippen molar-refractivity contribution in [1.29, 1.82) is 0 Å². The molecule has 0 amide bonds. The van der Waals surface area contributed by atoms with Crippen molar-refractivity contribution >= 4 is 28.7 Å². The summed E-state index contributed by atoms with van der Waals surface area (Å²) in [5, 5.41) is 12.9. The van der Waals surface area contributed by atoms with E-state index in [-0.39, 0.29) is 18.7 Å². The van der Waals surface area contributed by atoms with Crippen LogP contribution in [0.1, 0.15) is 12.5 Å². The summed E-state index contributed by atoms with van der Waals surface area (Å²) < 4.78 is 4.06. The normalized spacial score (nSPS) is 12.5. The van der Waals surface area contributed by atoms with Crippen LogP contribution in [0, 0.1) is 0 Å². The fourth-order valence-electron chi connectivity index (χ4n) is 2.78. The molecule has 1 atom stereocenters. The molecule has 0 saturated carbocycles. The average Bonchev–Trinajstić information content (AvgIpc) is 2.93. The molecule has 0 aliphatic rings. The van der Waals surface area contributed by atoms with Crippen molar-refractivity contribution in [3.63, 3.8) is 0 Å². The number of hydrogen-bond donors (Lipinski definition) is 2. The van der Waals surface area contributed by atoms with Crippen LogP contribution in [0.5, 0.6) is 0 Å². The van der Waals surface area contributed by atoms with Crippen molar-refractivity contribution < 1.29 is 5.11 Å². The molecule has 3 rings (SSSR count). The highest BCUT2D eigenvalue weighted by Gasteiger charge is 2.19. The molecule has 2 heterocycles. The Morgan fingerprint density at radius 3 is 2.58 bits per heavy atom. The third kappa shape index (κ3) is 3.13. The van der Waals surface area contributed by atoms with E-state index >= 15 is 0 Å². The highest BCUT2D eigenvalue weighted by Crippen LogP contribution is 2.16. The Bertz CT molecular complexity index is 1080. The lowest BCUT2D eigenvalue weighted by Crippen LogP contribution is -2.39. The molecule has 9 heteroatoms. The number of rotatable bonds is 5. The molecule has 138 valence electrons. The molecule has 2 N–H and O–H groups in total. The van der Waals surface area contributed by atoms with Gasteiger partial charge in [0.05, 0.1) is 12.6 Å². The van der Waals surface area contributed by atoms with Crippen LogP contribution in [-0.2, 0) is 20.6 Å². The highest BCUT2D eigenvalue weighted by molar-refractivity contribution is 6.31. The first-order valence-corrected chi connectivity index (χ1v) is 8.50. The standard InChI is InChI=1S/C17H20ClN5O3/c1-10(24)8-19-16-20-14-13(21(16)2)15(25)23(17(26)22(14)3)9-11-6-4-5-7-12(11)18/h4-7,10,24H,8-9H2,1-3H3,(H,19,20)/t10-/m1/s1. The molecule has 0 fully saturated rings. The number of aromatic nitrogens is 4. The van der Waals surface area contributed by atoms with E-state index in [1.165, 1.54) is 4.57 Å². The number of nitrogens with zero attached hydrogens (tertiary/aromatic N) is 4. The van der Waals surface area contributed by atoms with Crippen LogP contribution >= 0.6 is 11.6 Å². The molecular formula is C17H20ClN5O3. The van der Waals surface area contributed by atoms with Gasteiger partial charge in [0.1, 0.15) is 0 Å². The minimum atomic E-state index is -0.574. The largest absolute Gasteiger partial charge is 0.392 e. The maximum atomic E-state index is 13.0. The molecule has 0 spiro atoms. The SMILES string of the molecule is C[C@@H](O)CNc1nc2c(c(=O)n(Cc3ccccc3Cl)c(=O)n2C)n1C. The van der Waals surface area contributed by atoms with Gasteiger partial charge in [-0.3, -0.25) is 13.9 Å². The van der Waals surface area contributed by atoms with E-state index < -0.39 is 17.4 Å². The lowest BCUT2D eigenvalue weighted by Gasteiger charge is -2.10. The Morgan fingerprint density at radius 1 is 1.23 bits per heavy atom. The Hall–Kier alpha value is -2.58. The molecule has 0 unspecified atom stereocenters. The van der Waals surface area contributed by atoms with Gasteiger partial charge in [0.25, 0.3) is 5.56 Å². The van der Waals surface area contributed by atoms with Crippen LogP contribution in [0.4, 0.5) is 5.95 Å². The van der Waals surface area contributed by atoms with Crippen LogP contribution in [0.3, 0.4) is 0 Å². The maximum absolute atomic E-state index is 13.0. The Labute approximate surface area is 154 Å². The Morgan fingerprint density at radius 2 is 1.92 bits per heavy atom. The molecule has 3 aromatic rings. The van der Waals surface area contributed by atoms with Gasteiger partial charge < -0.3 is 15.0 Å².